The number of primary amides is 1. The largest absolute Gasteiger partial charge is 0.366 e. The lowest BCUT2D eigenvalue weighted by Gasteiger charge is -2.31. The molecule has 1 aliphatic carbocycles. The second-order valence-electron chi connectivity index (χ2n) is 8.35. The zero-order valence-electron chi connectivity index (χ0n) is 17.9. The second-order valence-corrected chi connectivity index (χ2v) is 8.79. The fraction of sp³-hybridized carbons (Fsp3) is 0.292. The first-order chi connectivity index (χ1) is 15.9. The van der Waals surface area contributed by atoms with Gasteiger partial charge in [0, 0.05) is 30.2 Å². The fourth-order valence-corrected chi connectivity index (χ4v) is 5.08. The van der Waals surface area contributed by atoms with Gasteiger partial charge in [-0.25, -0.2) is 9.37 Å². The Bertz CT molecular complexity index is 1260. The highest BCUT2D eigenvalue weighted by molar-refractivity contribution is 6.30. The van der Waals surface area contributed by atoms with Crippen LogP contribution in [0, 0.1) is 5.82 Å². The number of fused-ring (bicyclic) bond motifs is 2. The molecule has 5 rings (SSSR count). The van der Waals surface area contributed by atoms with Gasteiger partial charge >= 0.3 is 0 Å². The van der Waals surface area contributed by atoms with E-state index < -0.39 is 11.9 Å². The molecule has 2 heterocycles. The van der Waals surface area contributed by atoms with Crippen molar-refractivity contribution in [3.8, 4) is 0 Å². The van der Waals surface area contributed by atoms with E-state index >= 15 is 0 Å². The maximum atomic E-state index is 14.6. The van der Waals surface area contributed by atoms with Crippen molar-refractivity contribution in [3.05, 3.63) is 87.2 Å². The first-order valence-electron chi connectivity index (χ1n) is 10.9. The van der Waals surface area contributed by atoms with E-state index in [0.717, 1.165) is 12.4 Å². The standard InChI is InChI=1S/C24H23ClFN5O2/c25-15-9-18-17(19(26)10-15)5-6-20(18)31(13-14-3-1-2-4-16(14)23(27)32)24(33)21-11-29-22-12-28-7-8-30(21)22/h1-4,9-11,20,28H,5-8,12-13H2,(H2,27,32)/t20-/m1/s1. The molecule has 1 aromatic heterocycles. The molecule has 0 saturated carbocycles. The molecule has 0 fully saturated rings. The summed E-state index contributed by atoms with van der Waals surface area (Å²) in [5, 5.41) is 3.53. The second kappa shape index (κ2) is 8.61. The van der Waals surface area contributed by atoms with Gasteiger partial charge in [0.15, 0.2) is 0 Å². The minimum atomic E-state index is -0.563. The van der Waals surface area contributed by atoms with Crippen LogP contribution in [0.2, 0.25) is 5.02 Å². The summed E-state index contributed by atoms with van der Waals surface area (Å²) in [6.07, 6.45) is 2.64. The van der Waals surface area contributed by atoms with E-state index in [2.05, 4.69) is 10.3 Å². The maximum absolute atomic E-state index is 14.6. The molecule has 3 aromatic rings. The van der Waals surface area contributed by atoms with Gasteiger partial charge in [-0.1, -0.05) is 29.8 Å². The van der Waals surface area contributed by atoms with E-state index in [1.807, 2.05) is 4.57 Å². The third-order valence-electron chi connectivity index (χ3n) is 6.43. The van der Waals surface area contributed by atoms with Crippen molar-refractivity contribution in [1.82, 2.24) is 19.8 Å². The van der Waals surface area contributed by atoms with Crippen LogP contribution in [0.3, 0.4) is 0 Å². The number of carbonyl (C=O) groups is 2. The Labute approximate surface area is 195 Å². The number of hydrogen-bond donors (Lipinski definition) is 2. The molecular weight excluding hydrogens is 445 g/mol. The van der Waals surface area contributed by atoms with Crippen LogP contribution < -0.4 is 11.1 Å². The summed E-state index contributed by atoms with van der Waals surface area (Å²) in [7, 11) is 0. The highest BCUT2D eigenvalue weighted by atomic mass is 35.5. The number of carbonyl (C=O) groups excluding carboxylic acids is 2. The third kappa shape index (κ3) is 3.89. The van der Waals surface area contributed by atoms with Crippen molar-refractivity contribution in [1.29, 1.82) is 0 Å². The van der Waals surface area contributed by atoms with Crippen LogP contribution in [0.15, 0.2) is 42.6 Å². The zero-order valence-corrected chi connectivity index (χ0v) is 18.6. The summed E-state index contributed by atoms with van der Waals surface area (Å²) in [6, 6.07) is 9.60. The summed E-state index contributed by atoms with van der Waals surface area (Å²) in [6.45, 7) is 2.10. The quantitative estimate of drug-likeness (QED) is 0.602. The van der Waals surface area contributed by atoms with Crippen molar-refractivity contribution >= 4 is 23.4 Å². The zero-order chi connectivity index (χ0) is 23.1. The van der Waals surface area contributed by atoms with Crippen molar-refractivity contribution < 1.29 is 14.0 Å². The molecule has 0 spiro atoms. The lowest BCUT2D eigenvalue weighted by Crippen LogP contribution is -2.37. The van der Waals surface area contributed by atoms with Crippen LogP contribution in [-0.4, -0.2) is 32.8 Å². The van der Waals surface area contributed by atoms with Gasteiger partial charge in [0.05, 0.1) is 18.8 Å². The summed E-state index contributed by atoms with van der Waals surface area (Å²) < 4.78 is 16.5. The molecule has 170 valence electrons. The van der Waals surface area contributed by atoms with Gasteiger partial charge < -0.3 is 20.5 Å². The lowest BCUT2D eigenvalue weighted by molar-refractivity contribution is 0.0644. The van der Waals surface area contributed by atoms with Crippen LogP contribution in [0.4, 0.5) is 4.39 Å². The van der Waals surface area contributed by atoms with Crippen LogP contribution >= 0.6 is 11.6 Å². The van der Waals surface area contributed by atoms with Crippen molar-refractivity contribution in [3.63, 3.8) is 0 Å². The molecule has 0 bridgehead atoms. The predicted molar refractivity (Wildman–Crippen MR) is 121 cm³/mol. The van der Waals surface area contributed by atoms with E-state index in [4.69, 9.17) is 17.3 Å². The molecule has 0 saturated heterocycles. The molecule has 1 aliphatic heterocycles. The SMILES string of the molecule is NC(=O)c1ccccc1CN(C(=O)c1cnc2n1CCNC2)[C@@H]1CCc2c(F)cc(Cl)cc21. The molecule has 2 aliphatic rings. The Morgan fingerprint density at radius 3 is 2.94 bits per heavy atom. The van der Waals surface area contributed by atoms with E-state index in [0.29, 0.717) is 53.9 Å². The average Bonchev–Trinajstić information content (AvgIpc) is 3.42. The Hall–Kier alpha value is -3.23. The normalized spacial score (nSPS) is 16.8. The minimum absolute atomic E-state index is 0.148. The maximum Gasteiger partial charge on any atom is 0.272 e. The molecule has 0 radical (unpaired) electrons. The Morgan fingerprint density at radius 1 is 1.30 bits per heavy atom. The first kappa shape index (κ1) is 21.6. The van der Waals surface area contributed by atoms with Gasteiger partial charge in [0.1, 0.15) is 17.3 Å². The molecule has 33 heavy (non-hydrogen) atoms. The molecule has 2 aromatic carbocycles. The molecule has 1 atom stereocenters. The first-order valence-corrected chi connectivity index (χ1v) is 11.2. The number of rotatable bonds is 5. The lowest BCUT2D eigenvalue weighted by atomic mass is 10.0. The van der Waals surface area contributed by atoms with Gasteiger partial charge in [-0.05, 0) is 47.7 Å². The number of imidazole rings is 1. The Kier molecular flexibility index (Phi) is 5.64. The Morgan fingerprint density at radius 2 is 2.12 bits per heavy atom. The number of nitrogens with zero attached hydrogens (tertiary/aromatic N) is 3. The Balaban J connectivity index is 1.59. The highest BCUT2D eigenvalue weighted by Crippen LogP contribution is 2.40. The van der Waals surface area contributed by atoms with Gasteiger partial charge in [-0.3, -0.25) is 9.59 Å². The summed E-state index contributed by atoms with van der Waals surface area (Å²) in [4.78, 5) is 32.1. The summed E-state index contributed by atoms with van der Waals surface area (Å²) in [5.41, 5.74) is 8.32. The number of benzene rings is 2. The van der Waals surface area contributed by atoms with Gasteiger partial charge in [0.2, 0.25) is 5.91 Å². The van der Waals surface area contributed by atoms with Crippen LogP contribution in [-0.2, 0) is 26.1 Å². The van der Waals surface area contributed by atoms with Crippen LogP contribution in [0.1, 0.15) is 55.8 Å². The van der Waals surface area contributed by atoms with Gasteiger partial charge in [0.25, 0.3) is 5.91 Å². The van der Waals surface area contributed by atoms with Gasteiger partial charge in [-0.2, -0.15) is 0 Å². The monoisotopic (exact) mass is 467 g/mol. The molecule has 0 unspecified atom stereocenters. The predicted octanol–water partition coefficient (Wildman–Crippen LogP) is 3.21. The number of aromatic nitrogens is 2. The number of nitrogens with two attached hydrogens (primary N) is 1. The third-order valence-corrected chi connectivity index (χ3v) is 6.65. The number of halogens is 2. The number of hydrogen-bond acceptors (Lipinski definition) is 4. The van der Waals surface area contributed by atoms with E-state index in [1.54, 1.807) is 41.4 Å². The number of amides is 2. The fourth-order valence-electron chi connectivity index (χ4n) is 4.86. The van der Waals surface area contributed by atoms with Gasteiger partial charge in [-0.15, -0.1) is 0 Å². The van der Waals surface area contributed by atoms with Crippen molar-refractivity contribution in [2.45, 2.75) is 38.5 Å². The molecule has 9 heteroatoms. The summed E-state index contributed by atoms with van der Waals surface area (Å²) in [5.74, 6) is -0.361. The highest BCUT2D eigenvalue weighted by Gasteiger charge is 2.35. The van der Waals surface area contributed by atoms with E-state index in [1.165, 1.54) is 6.07 Å². The average molecular weight is 468 g/mol. The molecule has 7 nitrogen and oxygen atoms in total. The van der Waals surface area contributed by atoms with E-state index in [9.17, 15) is 14.0 Å². The smallest absolute Gasteiger partial charge is 0.272 e. The topological polar surface area (TPSA) is 93.2 Å². The van der Waals surface area contributed by atoms with Crippen LogP contribution in [0.25, 0.3) is 0 Å². The summed E-state index contributed by atoms with van der Waals surface area (Å²) >= 11 is 6.17. The van der Waals surface area contributed by atoms with Crippen molar-refractivity contribution in [2.24, 2.45) is 5.73 Å². The molecule has 3 N–H and O–H groups in total. The van der Waals surface area contributed by atoms with E-state index in [-0.39, 0.29) is 23.3 Å². The minimum Gasteiger partial charge on any atom is -0.366 e. The van der Waals surface area contributed by atoms with Crippen LogP contribution in [0.5, 0.6) is 0 Å². The molecular formula is C24H23ClFN5O2. The number of nitrogens with one attached hydrogen (secondary N) is 1. The molecule has 2 amide bonds. The van der Waals surface area contributed by atoms with Crippen molar-refractivity contribution in [2.75, 3.05) is 6.54 Å².